The maximum absolute atomic E-state index is 10.5. The number of carboxylic acids is 1. The van der Waals surface area contributed by atoms with Crippen molar-refractivity contribution in [1.82, 2.24) is 0 Å². The van der Waals surface area contributed by atoms with Crippen molar-refractivity contribution < 1.29 is 19.4 Å². The van der Waals surface area contributed by atoms with Gasteiger partial charge in [-0.05, 0) is 6.42 Å². The Morgan fingerprint density at radius 1 is 1.43 bits per heavy atom. The fourth-order valence-electron chi connectivity index (χ4n) is 0.838. The van der Waals surface area contributed by atoms with Crippen LogP contribution in [0.5, 0.6) is 0 Å². The molecule has 0 saturated carbocycles. The van der Waals surface area contributed by atoms with Crippen LogP contribution in [0.3, 0.4) is 0 Å². The molecule has 0 aromatic heterocycles. The molecule has 1 unspecified atom stereocenters. The van der Waals surface area contributed by atoms with E-state index in [0.29, 0.717) is 13.2 Å². The number of carbonyl (C=O) groups is 1. The summed E-state index contributed by atoms with van der Waals surface area (Å²) < 4.78 is 10.2. The first-order chi connectivity index (χ1) is 6.72. The molecule has 0 fully saturated rings. The first kappa shape index (κ1) is 13.4. The maximum atomic E-state index is 10.5. The first-order valence-electron chi connectivity index (χ1n) is 4.84. The van der Waals surface area contributed by atoms with Crippen molar-refractivity contribution in [2.24, 2.45) is 5.73 Å². The lowest BCUT2D eigenvalue weighted by atomic mass is 10.3. The van der Waals surface area contributed by atoms with E-state index in [2.05, 4.69) is 6.92 Å². The summed E-state index contributed by atoms with van der Waals surface area (Å²) in [6.45, 7) is 3.46. The Balaban J connectivity index is 3.29. The quantitative estimate of drug-likeness (QED) is 0.527. The van der Waals surface area contributed by atoms with Crippen LogP contribution in [-0.4, -0.2) is 43.5 Å². The van der Waals surface area contributed by atoms with Crippen molar-refractivity contribution in [3.05, 3.63) is 0 Å². The smallest absolute Gasteiger partial charge is 0.334 e. The average Bonchev–Trinajstić information content (AvgIpc) is 2.16. The highest BCUT2D eigenvalue weighted by Crippen LogP contribution is 1.91. The van der Waals surface area contributed by atoms with E-state index in [1.54, 1.807) is 0 Å². The molecule has 0 amide bonds. The summed E-state index contributed by atoms with van der Waals surface area (Å²) in [5.74, 6) is -1.03. The summed E-state index contributed by atoms with van der Waals surface area (Å²) in [7, 11) is 0. The van der Waals surface area contributed by atoms with Gasteiger partial charge in [0.1, 0.15) is 0 Å². The molecule has 0 aromatic rings. The van der Waals surface area contributed by atoms with Crippen LogP contribution in [0.4, 0.5) is 0 Å². The summed E-state index contributed by atoms with van der Waals surface area (Å²) in [5, 5.41) is 8.57. The number of nitrogens with two attached hydrogens (primary N) is 1. The zero-order valence-corrected chi connectivity index (χ0v) is 8.57. The highest BCUT2D eigenvalue weighted by Gasteiger charge is 2.14. The number of ether oxygens (including phenoxy) is 2. The number of hydrogen-bond donors (Lipinski definition) is 2. The molecule has 0 saturated heterocycles. The van der Waals surface area contributed by atoms with Crippen LogP contribution in [-0.2, 0) is 14.3 Å². The lowest BCUT2D eigenvalue weighted by Gasteiger charge is -2.11. The third-order valence-corrected chi connectivity index (χ3v) is 1.68. The summed E-state index contributed by atoms with van der Waals surface area (Å²) in [6, 6.07) is 0. The van der Waals surface area contributed by atoms with Crippen LogP contribution in [0.15, 0.2) is 0 Å². The van der Waals surface area contributed by atoms with E-state index < -0.39 is 12.1 Å². The maximum Gasteiger partial charge on any atom is 0.334 e. The first-order valence-corrected chi connectivity index (χ1v) is 4.84. The average molecular weight is 205 g/mol. The number of hydrogen-bond acceptors (Lipinski definition) is 4. The van der Waals surface area contributed by atoms with Gasteiger partial charge >= 0.3 is 5.97 Å². The Kier molecular flexibility index (Phi) is 8.51. The van der Waals surface area contributed by atoms with Gasteiger partial charge in [0.25, 0.3) is 0 Å². The van der Waals surface area contributed by atoms with Crippen molar-refractivity contribution in [1.29, 1.82) is 0 Å². The molecule has 84 valence electrons. The summed E-state index contributed by atoms with van der Waals surface area (Å²) in [4.78, 5) is 10.5. The molecule has 0 aliphatic rings. The van der Waals surface area contributed by atoms with E-state index in [1.165, 1.54) is 0 Å². The second-order valence-electron chi connectivity index (χ2n) is 2.90. The Bertz CT molecular complexity index is 152. The molecule has 3 N–H and O–H groups in total. The standard InChI is InChI=1S/C9H19NO4/c1-2-3-4-13-5-6-14-8(7-10)9(11)12/h8H,2-7,10H2,1H3,(H,11,12). The van der Waals surface area contributed by atoms with Gasteiger partial charge in [0.05, 0.1) is 13.2 Å². The second kappa shape index (κ2) is 8.93. The molecular weight excluding hydrogens is 186 g/mol. The third kappa shape index (κ3) is 6.82. The van der Waals surface area contributed by atoms with Gasteiger partial charge < -0.3 is 20.3 Å². The van der Waals surface area contributed by atoms with Gasteiger partial charge in [-0.25, -0.2) is 4.79 Å². The van der Waals surface area contributed by atoms with Crippen LogP contribution in [0.25, 0.3) is 0 Å². The lowest BCUT2D eigenvalue weighted by Crippen LogP contribution is -2.33. The number of aliphatic carboxylic acids is 1. The van der Waals surface area contributed by atoms with Crippen molar-refractivity contribution in [2.45, 2.75) is 25.9 Å². The largest absolute Gasteiger partial charge is 0.479 e. The van der Waals surface area contributed by atoms with Crippen molar-refractivity contribution >= 4 is 5.97 Å². The van der Waals surface area contributed by atoms with Crippen molar-refractivity contribution in [3.8, 4) is 0 Å². The van der Waals surface area contributed by atoms with Gasteiger partial charge in [0.2, 0.25) is 0 Å². The van der Waals surface area contributed by atoms with Crippen LogP contribution >= 0.6 is 0 Å². The molecular formula is C9H19NO4. The summed E-state index contributed by atoms with van der Waals surface area (Å²) in [6.07, 6.45) is 1.19. The van der Waals surface area contributed by atoms with Crippen LogP contribution in [0.1, 0.15) is 19.8 Å². The van der Waals surface area contributed by atoms with Crippen molar-refractivity contribution in [3.63, 3.8) is 0 Å². The Hall–Kier alpha value is -0.650. The van der Waals surface area contributed by atoms with Crippen molar-refractivity contribution in [2.75, 3.05) is 26.4 Å². The van der Waals surface area contributed by atoms with Gasteiger partial charge in [0, 0.05) is 13.2 Å². The second-order valence-corrected chi connectivity index (χ2v) is 2.90. The number of rotatable bonds is 9. The van der Waals surface area contributed by atoms with E-state index in [-0.39, 0.29) is 13.2 Å². The van der Waals surface area contributed by atoms with Gasteiger partial charge in [0.15, 0.2) is 6.10 Å². The Labute approximate surface area is 84.2 Å². The monoisotopic (exact) mass is 205 g/mol. The highest BCUT2D eigenvalue weighted by atomic mass is 16.5. The third-order valence-electron chi connectivity index (χ3n) is 1.68. The predicted molar refractivity (Wildman–Crippen MR) is 52.2 cm³/mol. The normalized spacial score (nSPS) is 12.7. The minimum atomic E-state index is -1.03. The van der Waals surface area contributed by atoms with Crippen LogP contribution < -0.4 is 5.73 Å². The van der Waals surface area contributed by atoms with E-state index >= 15 is 0 Å². The predicted octanol–water partition coefficient (Wildman–Crippen LogP) is 0.232. The zero-order valence-electron chi connectivity index (χ0n) is 8.57. The SMILES string of the molecule is CCCCOCCOC(CN)C(=O)O. The lowest BCUT2D eigenvalue weighted by molar-refractivity contribution is -0.150. The van der Waals surface area contributed by atoms with E-state index in [4.69, 9.17) is 20.3 Å². The Morgan fingerprint density at radius 2 is 2.14 bits per heavy atom. The molecule has 5 heteroatoms. The Morgan fingerprint density at radius 3 is 2.64 bits per heavy atom. The molecule has 0 aromatic carbocycles. The fraction of sp³-hybridized carbons (Fsp3) is 0.889. The van der Waals surface area contributed by atoms with E-state index in [0.717, 1.165) is 12.8 Å². The van der Waals surface area contributed by atoms with E-state index in [1.807, 2.05) is 0 Å². The molecule has 0 rings (SSSR count). The molecule has 0 radical (unpaired) electrons. The zero-order chi connectivity index (χ0) is 10.8. The number of carboxylic acid groups (broad SMARTS) is 1. The summed E-state index contributed by atoms with van der Waals surface area (Å²) in [5.41, 5.74) is 5.19. The molecule has 0 spiro atoms. The minimum absolute atomic E-state index is 0.00963. The molecule has 14 heavy (non-hydrogen) atoms. The van der Waals surface area contributed by atoms with Gasteiger partial charge in [-0.1, -0.05) is 13.3 Å². The highest BCUT2D eigenvalue weighted by molar-refractivity contribution is 5.72. The van der Waals surface area contributed by atoms with E-state index in [9.17, 15) is 4.79 Å². The minimum Gasteiger partial charge on any atom is -0.479 e. The topological polar surface area (TPSA) is 81.8 Å². The van der Waals surface area contributed by atoms with Crippen LogP contribution in [0.2, 0.25) is 0 Å². The molecule has 0 aliphatic carbocycles. The molecule has 0 heterocycles. The fourth-order valence-corrected chi connectivity index (χ4v) is 0.838. The van der Waals surface area contributed by atoms with Gasteiger partial charge in [-0.3, -0.25) is 0 Å². The van der Waals surface area contributed by atoms with Crippen LogP contribution in [0, 0.1) is 0 Å². The molecule has 5 nitrogen and oxygen atoms in total. The number of unbranched alkanes of at least 4 members (excludes halogenated alkanes) is 1. The molecule has 0 aliphatic heterocycles. The molecule has 1 atom stereocenters. The molecule has 0 bridgehead atoms. The summed E-state index contributed by atoms with van der Waals surface area (Å²) >= 11 is 0. The van der Waals surface area contributed by atoms with Gasteiger partial charge in [-0.15, -0.1) is 0 Å². The van der Waals surface area contributed by atoms with Gasteiger partial charge in [-0.2, -0.15) is 0 Å².